The molecule has 1 aromatic carbocycles. The Morgan fingerprint density at radius 1 is 1.47 bits per heavy atom. The van der Waals surface area contributed by atoms with Crippen molar-refractivity contribution in [3.8, 4) is 0 Å². The van der Waals surface area contributed by atoms with Gasteiger partial charge in [0, 0.05) is 13.0 Å². The molecule has 0 saturated heterocycles. The van der Waals surface area contributed by atoms with Crippen molar-refractivity contribution >= 4 is 18.2 Å². The van der Waals surface area contributed by atoms with Crippen LogP contribution in [0, 0.1) is 0 Å². The maximum atomic E-state index is 9.81. The Morgan fingerprint density at radius 3 is 2.74 bits per heavy atom. The first-order chi connectivity index (χ1) is 8.70. The van der Waals surface area contributed by atoms with Crippen LogP contribution in [0.25, 0.3) is 0 Å². The van der Waals surface area contributed by atoms with Crippen LogP contribution < -0.4 is 0 Å². The summed E-state index contributed by atoms with van der Waals surface area (Å²) in [4.78, 5) is 6.66. The van der Waals surface area contributed by atoms with Gasteiger partial charge in [0.25, 0.3) is 0 Å². The fourth-order valence-electron chi connectivity index (χ4n) is 2.27. The van der Waals surface area contributed by atoms with Crippen LogP contribution in [0.1, 0.15) is 18.9 Å². The third-order valence-electron chi connectivity index (χ3n) is 3.17. The number of aliphatic hydroxyl groups excluding tert-OH is 1. The largest absolute Gasteiger partial charge is 0.374 e. The molecule has 0 saturated carbocycles. The van der Waals surface area contributed by atoms with Gasteiger partial charge in [-0.2, -0.15) is 0 Å². The second-order valence-electron chi connectivity index (χ2n) is 4.67. The maximum absolute atomic E-state index is 9.81. The zero-order valence-electron chi connectivity index (χ0n) is 11.2. The van der Waals surface area contributed by atoms with Gasteiger partial charge in [-0.1, -0.05) is 36.4 Å². The number of hydrogen-bond donors (Lipinski definition) is 1. The SMILES string of the molecule is C=CCC1CN(C(C)O)C(Cc2ccccc2)=N1.Cl. The molecule has 104 valence electrons. The van der Waals surface area contributed by atoms with Crippen molar-refractivity contribution in [2.24, 2.45) is 4.99 Å². The highest BCUT2D eigenvalue weighted by Gasteiger charge is 2.26. The van der Waals surface area contributed by atoms with E-state index in [0.29, 0.717) is 0 Å². The van der Waals surface area contributed by atoms with Crippen molar-refractivity contribution < 1.29 is 5.11 Å². The Morgan fingerprint density at radius 2 is 2.16 bits per heavy atom. The summed E-state index contributed by atoms with van der Waals surface area (Å²) in [5, 5.41) is 9.81. The number of amidine groups is 1. The molecule has 1 aromatic rings. The third kappa shape index (κ3) is 4.08. The van der Waals surface area contributed by atoms with Gasteiger partial charge in [0.15, 0.2) is 0 Å². The predicted molar refractivity (Wildman–Crippen MR) is 81.8 cm³/mol. The average Bonchev–Trinajstić information content (AvgIpc) is 2.74. The molecule has 2 atom stereocenters. The van der Waals surface area contributed by atoms with E-state index in [4.69, 9.17) is 0 Å². The zero-order chi connectivity index (χ0) is 13.0. The summed E-state index contributed by atoms with van der Waals surface area (Å²) in [7, 11) is 0. The Balaban J connectivity index is 0.00000180. The van der Waals surface area contributed by atoms with E-state index in [1.807, 2.05) is 29.2 Å². The fraction of sp³-hybridized carbons (Fsp3) is 0.400. The quantitative estimate of drug-likeness (QED) is 0.842. The molecule has 19 heavy (non-hydrogen) atoms. The summed E-state index contributed by atoms with van der Waals surface area (Å²) in [6.07, 6.45) is 3.04. The highest BCUT2D eigenvalue weighted by atomic mass is 35.5. The van der Waals surface area contributed by atoms with Crippen molar-refractivity contribution in [2.75, 3.05) is 6.54 Å². The maximum Gasteiger partial charge on any atom is 0.125 e. The van der Waals surface area contributed by atoms with E-state index >= 15 is 0 Å². The molecule has 0 aliphatic carbocycles. The van der Waals surface area contributed by atoms with Crippen molar-refractivity contribution in [2.45, 2.75) is 32.0 Å². The van der Waals surface area contributed by atoms with E-state index in [0.717, 1.165) is 25.2 Å². The zero-order valence-corrected chi connectivity index (χ0v) is 12.0. The first-order valence-electron chi connectivity index (χ1n) is 6.37. The van der Waals surface area contributed by atoms with Gasteiger partial charge in [0.05, 0.1) is 6.04 Å². The van der Waals surface area contributed by atoms with Gasteiger partial charge < -0.3 is 10.0 Å². The Labute approximate surface area is 121 Å². The van der Waals surface area contributed by atoms with Gasteiger partial charge in [-0.05, 0) is 18.9 Å². The summed E-state index contributed by atoms with van der Waals surface area (Å²) >= 11 is 0. The summed E-state index contributed by atoms with van der Waals surface area (Å²) in [5.74, 6) is 0.975. The standard InChI is InChI=1S/C15H20N2O.ClH/c1-3-7-14-11-17(12(2)18)15(16-14)10-13-8-5-4-6-9-13;/h3-6,8-9,12,14,18H,1,7,10-11H2,2H3;1H. The fourth-order valence-corrected chi connectivity index (χ4v) is 2.27. The van der Waals surface area contributed by atoms with Gasteiger partial charge >= 0.3 is 0 Å². The van der Waals surface area contributed by atoms with Crippen LogP contribution in [-0.4, -0.2) is 34.7 Å². The minimum atomic E-state index is -0.484. The van der Waals surface area contributed by atoms with Crippen LogP contribution in [0.5, 0.6) is 0 Å². The minimum absolute atomic E-state index is 0. The minimum Gasteiger partial charge on any atom is -0.374 e. The molecule has 1 heterocycles. The Hall–Kier alpha value is -1.32. The first-order valence-corrected chi connectivity index (χ1v) is 6.37. The van der Waals surface area contributed by atoms with Gasteiger partial charge in [0.1, 0.15) is 12.1 Å². The molecule has 0 fully saturated rings. The number of aliphatic hydroxyl groups is 1. The van der Waals surface area contributed by atoms with Crippen LogP contribution in [0.4, 0.5) is 0 Å². The van der Waals surface area contributed by atoms with Crippen LogP contribution in [0.15, 0.2) is 48.0 Å². The molecule has 1 aliphatic heterocycles. The number of aliphatic imine (C=N–C) groups is 1. The van der Waals surface area contributed by atoms with E-state index in [1.165, 1.54) is 5.56 Å². The number of benzene rings is 1. The molecule has 1 N–H and O–H groups in total. The number of hydrogen-bond acceptors (Lipinski definition) is 3. The normalized spacial score (nSPS) is 19.6. The molecule has 1 aliphatic rings. The van der Waals surface area contributed by atoms with E-state index in [1.54, 1.807) is 6.92 Å². The lowest BCUT2D eigenvalue weighted by Gasteiger charge is -2.24. The molecule has 2 unspecified atom stereocenters. The molecule has 2 rings (SSSR count). The number of nitrogens with zero attached hydrogens (tertiary/aromatic N) is 2. The van der Waals surface area contributed by atoms with E-state index in [2.05, 4.69) is 23.7 Å². The van der Waals surface area contributed by atoms with Crippen LogP contribution >= 0.6 is 12.4 Å². The molecular formula is C15H21ClN2O. The third-order valence-corrected chi connectivity index (χ3v) is 3.17. The molecule has 0 amide bonds. The average molecular weight is 281 g/mol. The van der Waals surface area contributed by atoms with Gasteiger partial charge in [-0.25, -0.2) is 0 Å². The first kappa shape index (κ1) is 15.7. The lowest BCUT2D eigenvalue weighted by Crippen LogP contribution is -2.38. The summed E-state index contributed by atoms with van der Waals surface area (Å²) in [6.45, 7) is 6.32. The van der Waals surface area contributed by atoms with Gasteiger partial charge in [-0.3, -0.25) is 4.99 Å². The molecule has 0 aromatic heterocycles. The summed E-state index contributed by atoms with van der Waals surface area (Å²) in [5.41, 5.74) is 1.22. The predicted octanol–water partition coefficient (Wildman–Crippen LogP) is 2.65. The molecule has 0 bridgehead atoms. The smallest absolute Gasteiger partial charge is 0.125 e. The van der Waals surface area contributed by atoms with E-state index < -0.39 is 6.23 Å². The molecular weight excluding hydrogens is 260 g/mol. The van der Waals surface area contributed by atoms with Crippen molar-refractivity contribution in [1.82, 2.24) is 4.90 Å². The number of rotatable bonds is 5. The molecule has 4 heteroatoms. The summed E-state index contributed by atoms with van der Waals surface area (Å²) in [6, 6.07) is 10.5. The molecule has 0 radical (unpaired) electrons. The van der Waals surface area contributed by atoms with Crippen LogP contribution in [0.2, 0.25) is 0 Å². The van der Waals surface area contributed by atoms with Gasteiger partial charge in [-0.15, -0.1) is 19.0 Å². The van der Waals surface area contributed by atoms with Crippen molar-refractivity contribution in [3.63, 3.8) is 0 Å². The summed E-state index contributed by atoms with van der Waals surface area (Å²) < 4.78 is 0. The topological polar surface area (TPSA) is 35.8 Å². The molecule has 0 spiro atoms. The Bertz CT molecular complexity index is 431. The highest BCUT2D eigenvalue weighted by Crippen LogP contribution is 2.17. The lowest BCUT2D eigenvalue weighted by molar-refractivity contribution is 0.0734. The second kappa shape index (κ2) is 7.31. The Kier molecular flexibility index (Phi) is 6.06. The van der Waals surface area contributed by atoms with E-state index in [9.17, 15) is 5.11 Å². The van der Waals surface area contributed by atoms with Crippen LogP contribution in [-0.2, 0) is 6.42 Å². The molecule has 3 nitrogen and oxygen atoms in total. The van der Waals surface area contributed by atoms with Crippen LogP contribution in [0.3, 0.4) is 0 Å². The lowest BCUT2D eigenvalue weighted by atomic mass is 10.1. The highest BCUT2D eigenvalue weighted by molar-refractivity contribution is 5.86. The van der Waals surface area contributed by atoms with Crippen molar-refractivity contribution in [3.05, 3.63) is 48.6 Å². The van der Waals surface area contributed by atoms with Crippen molar-refractivity contribution in [1.29, 1.82) is 0 Å². The van der Waals surface area contributed by atoms with Gasteiger partial charge in [0.2, 0.25) is 0 Å². The second-order valence-corrected chi connectivity index (χ2v) is 4.67. The monoisotopic (exact) mass is 280 g/mol. The number of halogens is 1. The van der Waals surface area contributed by atoms with E-state index in [-0.39, 0.29) is 18.4 Å².